The van der Waals surface area contributed by atoms with E-state index in [1.807, 2.05) is 13.0 Å². The summed E-state index contributed by atoms with van der Waals surface area (Å²) in [5.41, 5.74) is 4.06. The third-order valence-electron chi connectivity index (χ3n) is 4.04. The maximum atomic E-state index is 10.1. The number of aryl methyl sites for hydroxylation is 1. The molecule has 3 rings (SSSR count). The van der Waals surface area contributed by atoms with Crippen LogP contribution in [0.2, 0.25) is 0 Å². The molecule has 0 spiro atoms. The lowest BCUT2D eigenvalue weighted by atomic mass is 9.96. The van der Waals surface area contributed by atoms with Crippen LogP contribution in [0.3, 0.4) is 0 Å². The number of aliphatic hydroxyl groups excluding tert-OH is 1. The largest absolute Gasteiger partial charge is 0.506 e. The molecule has 1 aromatic rings. The monoisotopic (exact) mass is 291 g/mol. The van der Waals surface area contributed by atoms with E-state index >= 15 is 0 Å². The fourth-order valence-corrected chi connectivity index (χ4v) is 3.00. The predicted molar refractivity (Wildman–Crippen MR) is 79.4 cm³/mol. The van der Waals surface area contributed by atoms with Crippen molar-refractivity contribution in [3.05, 3.63) is 58.5 Å². The highest BCUT2D eigenvalue weighted by Gasteiger charge is 2.33. The quantitative estimate of drug-likeness (QED) is 0.864. The van der Waals surface area contributed by atoms with Gasteiger partial charge in [-0.1, -0.05) is 30.3 Å². The average molecular weight is 292 g/mol. The Hall–Kier alpha value is -1.45. The van der Waals surface area contributed by atoms with Gasteiger partial charge in [0.2, 0.25) is 0 Å². The molecule has 0 fully saturated rings. The topological polar surface area (TPSA) is 32.7 Å². The number of rotatable bonds is 3. The molecule has 106 valence electrons. The molecular weight excluding hydrogens is 274 g/mol. The minimum Gasteiger partial charge on any atom is -0.506 e. The molecule has 0 radical (unpaired) electrons. The van der Waals surface area contributed by atoms with Crippen LogP contribution in [-0.4, -0.2) is 28.8 Å². The number of hydrogen-bond donors (Lipinski definition) is 1. The highest BCUT2D eigenvalue weighted by Crippen LogP contribution is 2.35. The molecule has 0 saturated carbocycles. The van der Waals surface area contributed by atoms with Gasteiger partial charge in [0.15, 0.2) is 0 Å². The number of allylic oxidation sites excluding steroid dienone is 1. The zero-order chi connectivity index (χ0) is 14.1. The minimum absolute atomic E-state index is 0.0571. The fourth-order valence-electron chi connectivity index (χ4n) is 2.79. The number of hydrogen-bond acceptors (Lipinski definition) is 3. The molecule has 1 N–H and O–H groups in total. The molecule has 3 nitrogen and oxygen atoms in total. The van der Waals surface area contributed by atoms with Crippen LogP contribution in [0.25, 0.3) is 0 Å². The molecule has 2 heterocycles. The predicted octanol–water partition coefficient (Wildman–Crippen LogP) is 3.57. The summed E-state index contributed by atoms with van der Waals surface area (Å²) in [4.78, 5) is 0. The van der Waals surface area contributed by atoms with Crippen molar-refractivity contribution in [2.24, 2.45) is 0 Å². The molecule has 1 unspecified atom stereocenters. The zero-order valence-electron chi connectivity index (χ0n) is 11.5. The summed E-state index contributed by atoms with van der Waals surface area (Å²) in [5.74, 6) is 0.281. The fraction of sp³-hybridized carbons (Fsp3) is 0.375. The Balaban J connectivity index is 1.73. The van der Waals surface area contributed by atoms with Crippen molar-refractivity contribution in [3.63, 3.8) is 0 Å². The summed E-state index contributed by atoms with van der Waals surface area (Å²) in [6, 6.07) is 10.4. The van der Waals surface area contributed by atoms with Crippen LogP contribution in [0.1, 0.15) is 18.9 Å². The summed E-state index contributed by atoms with van der Waals surface area (Å²) in [6.45, 7) is 2.94. The van der Waals surface area contributed by atoms with Gasteiger partial charge in [-0.3, -0.25) is 4.42 Å². The molecule has 1 atom stereocenters. The van der Waals surface area contributed by atoms with Crippen LogP contribution in [0, 0.1) is 0 Å². The molecule has 0 aliphatic carbocycles. The Morgan fingerprint density at radius 2 is 2.10 bits per heavy atom. The Bertz CT molecular complexity index is 565. The lowest BCUT2D eigenvalue weighted by Gasteiger charge is -2.26. The van der Waals surface area contributed by atoms with Crippen LogP contribution in [0.15, 0.2) is 52.9 Å². The number of halogens is 1. The zero-order valence-corrected chi connectivity index (χ0v) is 12.2. The molecule has 20 heavy (non-hydrogen) atoms. The van der Waals surface area contributed by atoms with Gasteiger partial charge in [-0.2, -0.15) is 0 Å². The van der Waals surface area contributed by atoms with Crippen LogP contribution >= 0.6 is 11.8 Å². The Morgan fingerprint density at radius 3 is 2.85 bits per heavy atom. The highest BCUT2D eigenvalue weighted by atomic mass is 35.5. The van der Waals surface area contributed by atoms with Gasteiger partial charge in [0.1, 0.15) is 5.76 Å². The van der Waals surface area contributed by atoms with Crippen LogP contribution in [-0.2, 0) is 11.2 Å². The second-order valence-electron chi connectivity index (χ2n) is 5.28. The number of aliphatic hydroxyl groups is 1. The lowest BCUT2D eigenvalue weighted by Crippen LogP contribution is -2.25. The first-order chi connectivity index (χ1) is 9.66. The van der Waals surface area contributed by atoms with E-state index in [0.717, 1.165) is 24.0 Å². The Morgan fingerprint density at radius 1 is 1.35 bits per heavy atom. The summed E-state index contributed by atoms with van der Waals surface area (Å²) >= 11 is 6.14. The molecule has 2 aliphatic rings. The summed E-state index contributed by atoms with van der Waals surface area (Å²) in [7, 11) is 0. The first-order valence-electron chi connectivity index (χ1n) is 6.88. The van der Waals surface area contributed by atoms with Gasteiger partial charge >= 0.3 is 0 Å². The van der Waals surface area contributed by atoms with E-state index in [1.54, 1.807) is 4.42 Å². The van der Waals surface area contributed by atoms with Gasteiger partial charge in [0.25, 0.3) is 0 Å². The molecular formula is C16H18ClNO2. The number of benzene rings is 1. The van der Waals surface area contributed by atoms with Crippen molar-refractivity contribution in [2.45, 2.75) is 25.9 Å². The van der Waals surface area contributed by atoms with Crippen molar-refractivity contribution in [3.8, 4) is 0 Å². The molecule has 0 saturated heterocycles. The van der Waals surface area contributed by atoms with Crippen molar-refractivity contribution in [1.29, 1.82) is 0 Å². The molecule has 4 heteroatoms. The maximum Gasteiger partial charge on any atom is 0.141 e. The van der Waals surface area contributed by atoms with Gasteiger partial charge in [-0.25, -0.2) is 0 Å². The van der Waals surface area contributed by atoms with Crippen molar-refractivity contribution >= 4 is 11.8 Å². The SMILES string of the molecule is CC1=C(O)C2=C(CN1Cl)C(CCc1ccccc1)OC2. The first-order valence-corrected chi connectivity index (χ1v) is 7.21. The number of ether oxygens (including phenoxy) is 1. The number of nitrogens with zero attached hydrogens (tertiary/aromatic N) is 1. The minimum atomic E-state index is 0.0571. The lowest BCUT2D eigenvalue weighted by molar-refractivity contribution is 0.111. The highest BCUT2D eigenvalue weighted by molar-refractivity contribution is 6.14. The van der Waals surface area contributed by atoms with Crippen LogP contribution < -0.4 is 0 Å². The molecule has 0 bridgehead atoms. The van der Waals surface area contributed by atoms with Crippen molar-refractivity contribution in [1.82, 2.24) is 4.42 Å². The normalized spacial score (nSPS) is 22.5. The third-order valence-corrected chi connectivity index (χ3v) is 4.42. The van der Waals surface area contributed by atoms with E-state index in [4.69, 9.17) is 16.5 Å². The summed E-state index contributed by atoms with van der Waals surface area (Å²) in [5, 5.41) is 10.1. The third kappa shape index (κ3) is 2.43. The maximum absolute atomic E-state index is 10.1. The second-order valence-corrected chi connectivity index (χ2v) is 5.69. The van der Waals surface area contributed by atoms with E-state index < -0.39 is 0 Å². The van der Waals surface area contributed by atoms with Crippen molar-refractivity contribution in [2.75, 3.05) is 13.2 Å². The molecule has 2 aliphatic heterocycles. The molecule has 1 aromatic carbocycles. The first kappa shape index (κ1) is 13.5. The van der Waals surface area contributed by atoms with Crippen molar-refractivity contribution < 1.29 is 9.84 Å². The van der Waals surface area contributed by atoms with Gasteiger partial charge in [0, 0.05) is 17.3 Å². The Labute approximate surface area is 124 Å². The van der Waals surface area contributed by atoms with E-state index in [9.17, 15) is 5.11 Å². The summed E-state index contributed by atoms with van der Waals surface area (Å²) < 4.78 is 7.40. The second kappa shape index (κ2) is 5.51. The van der Waals surface area contributed by atoms with E-state index in [0.29, 0.717) is 18.8 Å². The molecule has 0 aromatic heterocycles. The van der Waals surface area contributed by atoms with E-state index in [-0.39, 0.29) is 11.9 Å². The smallest absolute Gasteiger partial charge is 0.141 e. The van der Waals surface area contributed by atoms with Gasteiger partial charge in [0.05, 0.1) is 25.0 Å². The van der Waals surface area contributed by atoms with Gasteiger partial charge < -0.3 is 9.84 Å². The standard InChI is InChI=1S/C16H18ClNO2/c1-11-16(19)14-10-20-15(13(14)9-18(11)17)8-7-12-5-3-2-4-6-12/h2-6,15,19H,7-10H2,1H3. The van der Waals surface area contributed by atoms with E-state index in [2.05, 4.69) is 24.3 Å². The average Bonchev–Trinajstić information content (AvgIpc) is 2.87. The van der Waals surface area contributed by atoms with E-state index in [1.165, 1.54) is 5.56 Å². The summed E-state index contributed by atoms with van der Waals surface area (Å²) in [6.07, 6.45) is 1.94. The van der Waals surface area contributed by atoms with Gasteiger partial charge in [-0.15, -0.1) is 0 Å². The van der Waals surface area contributed by atoms with Crippen LogP contribution in [0.4, 0.5) is 0 Å². The van der Waals surface area contributed by atoms with Gasteiger partial charge in [-0.05, 0) is 30.9 Å². The Kier molecular flexibility index (Phi) is 3.72. The van der Waals surface area contributed by atoms with Crippen LogP contribution in [0.5, 0.6) is 0 Å². The molecule has 0 amide bonds.